The minimum atomic E-state index is 0.406. The zero-order valence-electron chi connectivity index (χ0n) is 8.20. The fourth-order valence-corrected chi connectivity index (χ4v) is 1.86. The average molecular weight is 186 g/mol. The zero-order valence-corrected chi connectivity index (χ0v) is 8.20. The van der Waals surface area contributed by atoms with Crippen molar-refractivity contribution in [2.45, 2.75) is 31.8 Å². The molecular weight excluding hydrogens is 172 g/mol. The molecule has 0 saturated heterocycles. The first-order chi connectivity index (χ1) is 6.88. The number of ether oxygens (including phenoxy) is 1. The molecule has 0 aliphatic heterocycles. The van der Waals surface area contributed by atoms with Gasteiger partial charge in [0, 0.05) is 5.56 Å². The maximum absolute atomic E-state index is 5.82. The summed E-state index contributed by atoms with van der Waals surface area (Å²) in [5.74, 6) is 3.52. The summed E-state index contributed by atoms with van der Waals surface area (Å²) in [6.45, 7) is 0. The van der Waals surface area contributed by atoms with Crippen LogP contribution in [0.3, 0.4) is 0 Å². The Morgan fingerprint density at radius 1 is 1.29 bits per heavy atom. The zero-order chi connectivity index (χ0) is 9.80. The van der Waals surface area contributed by atoms with Gasteiger partial charge in [-0.25, -0.2) is 0 Å². The van der Waals surface area contributed by atoms with Crippen molar-refractivity contribution in [3.8, 4) is 18.1 Å². The van der Waals surface area contributed by atoms with Gasteiger partial charge in [-0.15, -0.1) is 6.42 Å². The lowest BCUT2D eigenvalue weighted by atomic mass is 10.2. The molecule has 2 rings (SSSR count). The minimum Gasteiger partial charge on any atom is -0.490 e. The van der Waals surface area contributed by atoms with Crippen molar-refractivity contribution >= 4 is 0 Å². The van der Waals surface area contributed by atoms with Gasteiger partial charge in [0.2, 0.25) is 0 Å². The van der Waals surface area contributed by atoms with Crippen LogP contribution in [0, 0.1) is 12.3 Å². The first kappa shape index (κ1) is 9.15. The lowest BCUT2D eigenvalue weighted by Crippen LogP contribution is -2.10. The summed E-state index contributed by atoms with van der Waals surface area (Å²) in [4.78, 5) is 0. The molecule has 72 valence electrons. The minimum absolute atomic E-state index is 0.406. The average Bonchev–Trinajstić information content (AvgIpc) is 2.71. The van der Waals surface area contributed by atoms with Gasteiger partial charge in [-0.1, -0.05) is 12.0 Å². The number of rotatable bonds is 2. The topological polar surface area (TPSA) is 9.23 Å². The van der Waals surface area contributed by atoms with E-state index in [4.69, 9.17) is 11.2 Å². The molecule has 1 saturated carbocycles. The maximum Gasteiger partial charge on any atom is 0.120 e. The fraction of sp³-hybridized carbons (Fsp3) is 0.385. The summed E-state index contributed by atoms with van der Waals surface area (Å²) in [5.41, 5.74) is 0.889. The van der Waals surface area contributed by atoms with Gasteiger partial charge in [-0.05, 0) is 43.9 Å². The van der Waals surface area contributed by atoms with Crippen LogP contribution in [0.5, 0.6) is 5.75 Å². The molecule has 0 aromatic heterocycles. The molecule has 1 nitrogen and oxygen atoms in total. The molecule has 0 N–H and O–H groups in total. The Labute approximate surface area is 85.1 Å². The molecule has 1 aromatic rings. The van der Waals surface area contributed by atoms with Crippen molar-refractivity contribution in [2.75, 3.05) is 0 Å². The summed E-state index contributed by atoms with van der Waals surface area (Å²) >= 11 is 0. The van der Waals surface area contributed by atoms with E-state index in [1.54, 1.807) is 0 Å². The normalized spacial score (nSPS) is 16.5. The predicted octanol–water partition coefficient (Wildman–Crippen LogP) is 2.99. The first-order valence-corrected chi connectivity index (χ1v) is 5.12. The second kappa shape index (κ2) is 4.19. The molecule has 0 heterocycles. The van der Waals surface area contributed by atoms with E-state index >= 15 is 0 Å². The van der Waals surface area contributed by atoms with Gasteiger partial charge in [0.05, 0.1) is 6.10 Å². The third kappa shape index (κ3) is 2.09. The summed E-state index contributed by atoms with van der Waals surface area (Å²) in [7, 11) is 0. The fourth-order valence-electron chi connectivity index (χ4n) is 1.86. The van der Waals surface area contributed by atoms with Crippen molar-refractivity contribution in [3.63, 3.8) is 0 Å². The Morgan fingerprint density at radius 3 is 2.79 bits per heavy atom. The molecule has 1 aromatic carbocycles. The number of terminal acetylenes is 1. The highest BCUT2D eigenvalue weighted by atomic mass is 16.5. The lowest BCUT2D eigenvalue weighted by Gasteiger charge is -2.12. The van der Waals surface area contributed by atoms with Gasteiger partial charge < -0.3 is 4.74 Å². The van der Waals surface area contributed by atoms with Gasteiger partial charge in [-0.3, -0.25) is 0 Å². The number of benzene rings is 1. The molecular formula is C13H14O. The highest BCUT2D eigenvalue weighted by molar-refractivity contribution is 5.38. The summed E-state index contributed by atoms with van der Waals surface area (Å²) in [6, 6.07) is 7.76. The van der Waals surface area contributed by atoms with Crippen LogP contribution >= 0.6 is 0 Å². The van der Waals surface area contributed by atoms with Gasteiger partial charge >= 0.3 is 0 Å². The van der Waals surface area contributed by atoms with Crippen LogP contribution in [0.15, 0.2) is 24.3 Å². The monoisotopic (exact) mass is 186 g/mol. The third-order valence-electron chi connectivity index (χ3n) is 2.61. The molecule has 1 aliphatic rings. The summed E-state index contributed by atoms with van der Waals surface area (Å²) in [5, 5.41) is 0. The Kier molecular flexibility index (Phi) is 2.74. The Morgan fingerprint density at radius 2 is 2.07 bits per heavy atom. The Bertz CT molecular complexity index is 342. The molecule has 14 heavy (non-hydrogen) atoms. The van der Waals surface area contributed by atoms with Gasteiger partial charge in [0.25, 0.3) is 0 Å². The quantitative estimate of drug-likeness (QED) is 0.645. The van der Waals surface area contributed by atoms with Crippen LogP contribution < -0.4 is 4.74 Å². The molecule has 0 amide bonds. The number of hydrogen-bond donors (Lipinski definition) is 0. The molecule has 1 heteroatoms. The highest BCUT2D eigenvalue weighted by Gasteiger charge is 2.16. The molecule has 1 fully saturated rings. The van der Waals surface area contributed by atoms with Crippen molar-refractivity contribution < 1.29 is 4.74 Å². The van der Waals surface area contributed by atoms with Crippen LogP contribution in [-0.2, 0) is 0 Å². The smallest absolute Gasteiger partial charge is 0.120 e. The van der Waals surface area contributed by atoms with E-state index < -0.39 is 0 Å². The van der Waals surface area contributed by atoms with Crippen molar-refractivity contribution in [3.05, 3.63) is 29.8 Å². The molecule has 0 atom stereocenters. The van der Waals surface area contributed by atoms with Crippen LogP contribution in [-0.4, -0.2) is 6.10 Å². The molecule has 0 radical (unpaired) electrons. The molecule has 0 spiro atoms. The summed E-state index contributed by atoms with van der Waals surface area (Å²) in [6.07, 6.45) is 10.7. The first-order valence-electron chi connectivity index (χ1n) is 5.12. The Balaban J connectivity index is 2.05. The Hall–Kier alpha value is -1.42. The SMILES string of the molecule is C#Cc1cccc(OC2CCCC2)c1. The largest absolute Gasteiger partial charge is 0.490 e. The van der Waals surface area contributed by atoms with Crippen molar-refractivity contribution in [1.29, 1.82) is 0 Å². The number of hydrogen-bond acceptors (Lipinski definition) is 1. The van der Waals surface area contributed by atoms with Crippen molar-refractivity contribution in [1.82, 2.24) is 0 Å². The van der Waals surface area contributed by atoms with E-state index in [1.807, 2.05) is 24.3 Å². The van der Waals surface area contributed by atoms with E-state index in [0.29, 0.717) is 6.10 Å². The van der Waals surface area contributed by atoms with E-state index in [9.17, 15) is 0 Å². The van der Waals surface area contributed by atoms with Gasteiger partial charge in [-0.2, -0.15) is 0 Å². The molecule has 1 aliphatic carbocycles. The van der Waals surface area contributed by atoms with E-state index in [-0.39, 0.29) is 0 Å². The van der Waals surface area contributed by atoms with Crippen LogP contribution in [0.1, 0.15) is 31.2 Å². The lowest BCUT2D eigenvalue weighted by molar-refractivity contribution is 0.210. The molecule has 0 bridgehead atoms. The second-order valence-corrected chi connectivity index (χ2v) is 3.70. The van der Waals surface area contributed by atoms with Crippen LogP contribution in [0.4, 0.5) is 0 Å². The highest BCUT2D eigenvalue weighted by Crippen LogP contribution is 2.24. The van der Waals surface area contributed by atoms with Gasteiger partial charge in [0.15, 0.2) is 0 Å². The van der Waals surface area contributed by atoms with Crippen LogP contribution in [0.2, 0.25) is 0 Å². The molecule has 0 unspecified atom stereocenters. The third-order valence-corrected chi connectivity index (χ3v) is 2.61. The second-order valence-electron chi connectivity index (χ2n) is 3.70. The summed E-state index contributed by atoms with van der Waals surface area (Å²) < 4.78 is 5.82. The standard InChI is InChI=1S/C13H14O/c1-2-11-6-5-9-13(10-11)14-12-7-3-4-8-12/h1,5-6,9-10,12H,3-4,7-8H2. The van der Waals surface area contributed by atoms with E-state index in [1.165, 1.54) is 25.7 Å². The van der Waals surface area contributed by atoms with Crippen molar-refractivity contribution in [2.24, 2.45) is 0 Å². The predicted molar refractivity (Wildman–Crippen MR) is 57.3 cm³/mol. The van der Waals surface area contributed by atoms with E-state index in [0.717, 1.165) is 11.3 Å². The van der Waals surface area contributed by atoms with Gasteiger partial charge in [0.1, 0.15) is 5.75 Å². The maximum atomic E-state index is 5.82. The van der Waals surface area contributed by atoms with E-state index in [2.05, 4.69) is 5.92 Å². The van der Waals surface area contributed by atoms with Crippen LogP contribution in [0.25, 0.3) is 0 Å².